The Balaban J connectivity index is 0.000000249. The molecular weight excluding hydrogens is 635 g/mol. The van der Waals surface area contributed by atoms with Gasteiger partial charge in [0.2, 0.25) is 16.6 Å². The molecule has 39 heavy (non-hydrogen) atoms. The van der Waals surface area contributed by atoms with Crippen molar-refractivity contribution < 1.29 is 29.7 Å². The first kappa shape index (κ1) is 34.6. The number of rotatable bonds is 4. The van der Waals surface area contributed by atoms with Gasteiger partial charge in [-0.25, -0.2) is 6.92 Å². The SMILES string of the molecule is [CH2-]C1=C(O[Si](C)(C)C(C)(C)C)CC2C=CC=CC12.[CH2-]C1=C2C=CC=CC2C=C1O[Si](C)(C)C(C)(C)C.[Cl][Zr+2][Cl]. The molecule has 0 aromatic carbocycles. The van der Waals surface area contributed by atoms with E-state index in [0.717, 1.165) is 23.5 Å². The van der Waals surface area contributed by atoms with E-state index in [4.69, 9.17) is 25.9 Å². The summed E-state index contributed by atoms with van der Waals surface area (Å²) in [5.74, 6) is 3.56. The Bertz CT molecular complexity index is 1100. The van der Waals surface area contributed by atoms with Gasteiger partial charge < -0.3 is 8.85 Å². The van der Waals surface area contributed by atoms with Crippen molar-refractivity contribution in [3.05, 3.63) is 96.8 Å². The van der Waals surface area contributed by atoms with E-state index in [9.17, 15) is 0 Å². The van der Waals surface area contributed by atoms with Crippen molar-refractivity contribution in [2.24, 2.45) is 17.8 Å². The molecule has 0 radical (unpaired) electrons. The zero-order valence-corrected chi connectivity index (χ0v) is 31.6. The van der Waals surface area contributed by atoms with E-state index in [1.807, 2.05) is 0 Å². The number of hydrogen-bond donors (Lipinski definition) is 0. The Hall–Kier alpha value is -0.583. The first-order valence-corrected chi connectivity index (χ1v) is 25.9. The molecule has 0 bridgehead atoms. The van der Waals surface area contributed by atoms with Gasteiger partial charge in [-0.3, -0.25) is 0 Å². The van der Waals surface area contributed by atoms with E-state index in [1.54, 1.807) is 0 Å². The molecule has 7 heteroatoms. The van der Waals surface area contributed by atoms with Crippen molar-refractivity contribution in [3.8, 4) is 0 Å². The van der Waals surface area contributed by atoms with Gasteiger partial charge >= 0.3 is 37.9 Å². The summed E-state index contributed by atoms with van der Waals surface area (Å²) < 4.78 is 12.8. The minimum absolute atomic E-state index is 0.220. The first-order chi connectivity index (χ1) is 17.9. The van der Waals surface area contributed by atoms with Crippen molar-refractivity contribution >= 4 is 33.7 Å². The standard InChI is InChI=1S/C16H25OSi.C16H23OSi.2ClH.Zr/c2*1-12-14-10-8-7-9-13(14)11-15(12)17-18(5,6)16(2,3)4;;;/h7-10,13-14H,1,11H2,2-6H3;7-11,13H,1H2,2-6H3;2*1H;/q2*-1;;;+4/p-2. The van der Waals surface area contributed by atoms with Crippen molar-refractivity contribution in [3.63, 3.8) is 0 Å². The van der Waals surface area contributed by atoms with E-state index in [2.05, 4.69) is 136 Å². The average Bonchev–Trinajstić information content (AvgIpc) is 3.29. The molecule has 0 aromatic heterocycles. The van der Waals surface area contributed by atoms with Crippen LogP contribution in [-0.2, 0) is 29.7 Å². The second-order valence-corrected chi connectivity index (χ2v) is 26.8. The number of fused-ring (bicyclic) bond motifs is 2. The first-order valence-electron chi connectivity index (χ1n) is 13.7. The Morgan fingerprint density at radius 1 is 0.821 bits per heavy atom. The van der Waals surface area contributed by atoms with Gasteiger partial charge in [0.05, 0.1) is 0 Å². The molecule has 214 valence electrons. The molecule has 4 aliphatic rings. The van der Waals surface area contributed by atoms with Crippen LogP contribution in [0.1, 0.15) is 48.0 Å². The Labute approximate surface area is 260 Å². The second kappa shape index (κ2) is 13.6. The van der Waals surface area contributed by atoms with E-state index in [1.165, 1.54) is 11.1 Å². The van der Waals surface area contributed by atoms with Crippen LogP contribution in [0.4, 0.5) is 0 Å². The third-order valence-electron chi connectivity index (χ3n) is 8.83. The summed E-state index contributed by atoms with van der Waals surface area (Å²) >= 11 is -0.826. The molecular formula is C32H48Cl2O2Si2Zr. The fourth-order valence-corrected chi connectivity index (χ4v) is 6.44. The third-order valence-corrected chi connectivity index (χ3v) is 17.5. The molecule has 0 heterocycles. The predicted molar refractivity (Wildman–Crippen MR) is 173 cm³/mol. The third kappa shape index (κ3) is 8.71. The van der Waals surface area contributed by atoms with E-state index >= 15 is 0 Å². The Morgan fingerprint density at radius 2 is 1.33 bits per heavy atom. The van der Waals surface area contributed by atoms with Gasteiger partial charge in [0.1, 0.15) is 0 Å². The molecule has 4 aliphatic carbocycles. The Morgan fingerprint density at radius 3 is 1.85 bits per heavy atom. The number of allylic oxidation sites excluding steroid dienone is 13. The summed E-state index contributed by atoms with van der Waals surface area (Å²) in [6.45, 7) is 31.3. The maximum atomic E-state index is 6.46. The van der Waals surface area contributed by atoms with E-state index in [-0.39, 0.29) is 10.1 Å². The summed E-state index contributed by atoms with van der Waals surface area (Å²) in [5.41, 5.74) is 3.54. The van der Waals surface area contributed by atoms with Crippen LogP contribution in [0.3, 0.4) is 0 Å². The van der Waals surface area contributed by atoms with Gasteiger partial charge in [-0.1, -0.05) is 96.3 Å². The van der Waals surface area contributed by atoms with Crippen molar-refractivity contribution in [1.82, 2.24) is 0 Å². The Kier molecular flexibility index (Phi) is 12.1. The van der Waals surface area contributed by atoms with Crippen LogP contribution in [0, 0.1) is 31.6 Å². The predicted octanol–water partition coefficient (Wildman–Crippen LogP) is 11.0. The van der Waals surface area contributed by atoms with Crippen LogP contribution in [0.2, 0.25) is 36.3 Å². The van der Waals surface area contributed by atoms with Crippen LogP contribution in [0.5, 0.6) is 0 Å². The van der Waals surface area contributed by atoms with Gasteiger partial charge in [0.25, 0.3) is 0 Å². The fraction of sp³-hybridized carbons (Fsp3) is 0.500. The average molecular weight is 683 g/mol. The molecule has 0 fully saturated rings. The molecule has 0 saturated heterocycles. The summed E-state index contributed by atoms with van der Waals surface area (Å²) in [6.07, 6.45) is 20.6. The molecule has 0 spiro atoms. The van der Waals surface area contributed by atoms with Crippen LogP contribution < -0.4 is 0 Å². The molecule has 0 amide bonds. The molecule has 4 rings (SSSR count). The molecule has 2 nitrogen and oxygen atoms in total. The van der Waals surface area contributed by atoms with E-state index < -0.39 is 37.5 Å². The van der Waals surface area contributed by atoms with E-state index in [0.29, 0.717) is 17.8 Å². The fourth-order valence-electron chi connectivity index (χ4n) is 4.26. The topological polar surface area (TPSA) is 18.5 Å². The monoisotopic (exact) mass is 680 g/mol. The minimum atomic E-state index is -1.77. The molecule has 0 saturated carbocycles. The quantitative estimate of drug-likeness (QED) is 0.217. The summed E-state index contributed by atoms with van der Waals surface area (Å²) in [6, 6.07) is 0. The molecule has 0 aliphatic heterocycles. The molecule has 3 atom stereocenters. The van der Waals surface area contributed by atoms with Gasteiger partial charge in [0.15, 0.2) is 0 Å². The van der Waals surface area contributed by atoms with Crippen LogP contribution >= 0.6 is 17.0 Å². The van der Waals surface area contributed by atoms with Gasteiger partial charge in [-0.15, -0.1) is 17.7 Å². The number of halogens is 2. The molecule has 0 N–H and O–H groups in total. The van der Waals surface area contributed by atoms with Crippen molar-refractivity contribution in [2.75, 3.05) is 0 Å². The molecule has 3 unspecified atom stereocenters. The van der Waals surface area contributed by atoms with Crippen LogP contribution in [0.25, 0.3) is 0 Å². The van der Waals surface area contributed by atoms with Crippen LogP contribution in [-0.4, -0.2) is 16.6 Å². The van der Waals surface area contributed by atoms with Crippen molar-refractivity contribution in [2.45, 2.75) is 84.2 Å². The summed E-state index contributed by atoms with van der Waals surface area (Å²) in [4.78, 5) is 0. The summed E-state index contributed by atoms with van der Waals surface area (Å²) in [7, 11) is 6.38. The van der Waals surface area contributed by atoms with Gasteiger partial charge in [-0.05, 0) is 59.8 Å². The normalized spacial score (nSPS) is 23.7. The number of hydrogen-bond acceptors (Lipinski definition) is 2. The van der Waals surface area contributed by atoms with Gasteiger partial charge in [0, 0.05) is 0 Å². The summed E-state index contributed by atoms with van der Waals surface area (Å²) in [5, 5.41) is 0.470. The van der Waals surface area contributed by atoms with Gasteiger partial charge in [-0.2, -0.15) is 18.1 Å². The molecule has 0 aromatic rings. The zero-order valence-electron chi connectivity index (χ0n) is 25.6. The second-order valence-electron chi connectivity index (χ2n) is 13.6. The zero-order chi connectivity index (χ0) is 29.8. The van der Waals surface area contributed by atoms with Crippen LogP contribution in [0.15, 0.2) is 82.9 Å². The maximum absolute atomic E-state index is 6.46. The van der Waals surface area contributed by atoms with Crippen molar-refractivity contribution in [1.29, 1.82) is 0 Å².